The van der Waals surface area contributed by atoms with E-state index in [9.17, 15) is 4.79 Å². The highest BCUT2D eigenvalue weighted by molar-refractivity contribution is 7.80. The second-order valence-electron chi connectivity index (χ2n) is 9.61. The van der Waals surface area contributed by atoms with Gasteiger partial charge in [-0.05, 0) is 55.1 Å². The zero-order chi connectivity index (χ0) is 21.9. The molecule has 0 bridgehead atoms. The van der Waals surface area contributed by atoms with Gasteiger partial charge in [-0.2, -0.15) is 0 Å². The molecule has 2 aliphatic heterocycles. The van der Waals surface area contributed by atoms with Crippen LogP contribution in [0.15, 0.2) is 24.3 Å². The third-order valence-corrected chi connectivity index (χ3v) is 6.93. The standard InChI is InChI=1S/C24H38N4OS/c1-6-18(4)16-28-22(29)21(14-17(2)3)26-24(28)10-12-27(13-11-24)23(30)25-20-9-7-8-19(5)15-20/h7-9,15,17-18,21,26H,6,10-14,16H2,1-5H3,(H,25,30)/t18-,21-/m1/s1. The number of nitrogens with zero attached hydrogens (tertiary/aromatic N) is 2. The smallest absolute Gasteiger partial charge is 0.241 e. The molecule has 0 unspecified atom stereocenters. The summed E-state index contributed by atoms with van der Waals surface area (Å²) >= 11 is 5.70. The van der Waals surface area contributed by atoms with E-state index in [4.69, 9.17) is 12.2 Å². The number of hydrogen-bond acceptors (Lipinski definition) is 3. The predicted octanol–water partition coefficient (Wildman–Crippen LogP) is 4.38. The number of benzene rings is 1. The van der Waals surface area contributed by atoms with Crippen molar-refractivity contribution in [2.45, 2.75) is 72.0 Å². The molecule has 2 saturated heterocycles. The Balaban J connectivity index is 1.68. The minimum atomic E-state index is -0.227. The molecule has 1 aromatic rings. The summed E-state index contributed by atoms with van der Waals surface area (Å²) < 4.78 is 0. The number of anilines is 1. The Morgan fingerprint density at radius 2 is 2.00 bits per heavy atom. The highest BCUT2D eigenvalue weighted by Crippen LogP contribution is 2.35. The van der Waals surface area contributed by atoms with Crippen LogP contribution in [0.4, 0.5) is 5.69 Å². The first-order chi connectivity index (χ1) is 14.2. The van der Waals surface area contributed by atoms with E-state index >= 15 is 0 Å². The van der Waals surface area contributed by atoms with Crippen molar-refractivity contribution >= 4 is 28.9 Å². The molecule has 1 amide bonds. The number of carbonyl (C=O) groups is 1. The first-order valence-electron chi connectivity index (χ1n) is 11.5. The van der Waals surface area contributed by atoms with Gasteiger partial charge < -0.3 is 15.1 Å². The number of amides is 1. The van der Waals surface area contributed by atoms with Gasteiger partial charge in [0.15, 0.2) is 5.11 Å². The maximum atomic E-state index is 13.3. The normalized spacial score (nSPS) is 22.1. The molecule has 0 radical (unpaired) electrons. The van der Waals surface area contributed by atoms with Crippen LogP contribution in [0.25, 0.3) is 0 Å². The van der Waals surface area contributed by atoms with Crippen molar-refractivity contribution in [3.8, 4) is 0 Å². The molecule has 0 aromatic heterocycles. The predicted molar refractivity (Wildman–Crippen MR) is 128 cm³/mol. The molecule has 2 heterocycles. The molecule has 30 heavy (non-hydrogen) atoms. The van der Waals surface area contributed by atoms with Crippen molar-refractivity contribution in [1.82, 2.24) is 15.1 Å². The first kappa shape index (κ1) is 23.0. The van der Waals surface area contributed by atoms with E-state index in [2.05, 4.69) is 67.2 Å². The lowest BCUT2D eigenvalue weighted by Crippen LogP contribution is -2.60. The fraction of sp³-hybridized carbons (Fsp3) is 0.667. The molecular weight excluding hydrogens is 392 g/mol. The third-order valence-electron chi connectivity index (χ3n) is 6.57. The van der Waals surface area contributed by atoms with Gasteiger partial charge in [0.2, 0.25) is 5.91 Å². The van der Waals surface area contributed by atoms with Gasteiger partial charge in [0.1, 0.15) is 0 Å². The summed E-state index contributed by atoms with van der Waals surface area (Å²) in [5.41, 5.74) is 2.02. The number of nitrogens with one attached hydrogen (secondary N) is 2. The summed E-state index contributed by atoms with van der Waals surface area (Å²) in [5.74, 6) is 1.30. The fourth-order valence-corrected chi connectivity index (χ4v) is 4.92. The molecule has 1 spiro atoms. The van der Waals surface area contributed by atoms with Crippen LogP contribution in [0.3, 0.4) is 0 Å². The zero-order valence-corrected chi connectivity index (χ0v) is 20.0. The van der Waals surface area contributed by atoms with Crippen LogP contribution in [-0.4, -0.2) is 52.2 Å². The van der Waals surface area contributed by atoms with E-state index in [0.29, 0.717) is 11.8 Å². The van der Waals surface area contributed by atoms with E-state index in [1.807, 2.05) is 12.1 Å². The highest BCUT2D eigenvalue weighted by Gasteiger charge is 2.51. The van der Waals surface area contributed by atoms with Crippen molar-refractivity contribution in [3.05, 3.63) is 29.8 Å². The summed E-state index contributed by atoms with van der Waals surface area (Å²) in [7, 11) is 0. The van der Waals surface area contributed by atoms with Crippen LogP contribution in [0, 0.1) is 18.8 Å². The van der Waals surface area contributed by atoms with Crippen molar-refractivity contribution < 1.29 is 4.79 Å². The molecule has 2 N–H and O–H groups in total. The Labute approximate surface area is 187 Å². The highest BCUT2D eigenvalue weighted by atomic mass is 32.1. The largest absolute Gasteiger partial charge is 0.349 e. The maximum absolute atomic E-state index is 13.3. The van der Waals surface area contributed by atoms with Gasteiger partial charge in [-0.3, -0.25) is 10.1 Å². The Morgan fingerprint density at radius 3 is 2.60 bits per heavy atom. The minimum Gasteiger partial charge on any atom is -0.349 e. The molecule has 5 nitrogen and oxygen atoms in total. The second kappa shape index (κ2) is 9.65. The monoisotopic (exact) mass is 430 g/mol. The Morgan fingerprint density at radius 1 is 1.30 bits per heavy atom. The summed E-state index contributed by atoms with van der Waals surface area (Å²) in [6.07, 6.45) is 3.79. The molecule has 6 heteroatoms. The molecule has 0 aliphatic carbocycles. The summed E-state index contributed by atoms with van der Waals surface area (Å²) in [6, 6.07) is 8.23. The average molecular weight is 431 g/mol. The van der Waals surface area contributed by atoms with Gasteiger partial charge in [-0.1, -0.05) is 46.2 Å². The van der Waals surface area contributed by atoms with Gasteiger partial charge in [0, 0.05) is 38.2 Å². The summed E-state index contributed by atoms with van der Waals surface area (Å²) in [4.78, 5) is 17.7. The summed E-state index contributed by atoms with van der Waals surface area (Å²) in [6.45, 7) is 13.5. The van der Waals surface area contributed by atoms with Crippen LogP contribution < -0.4 is 10.6 Å². The third kappa shape index (κ3) is 5.14. The number of thiocarbonyl (C=S) groups is 1. The van der Waals surface area contributed by atoms with Crippen LogP contribution in [0.1, 0.15) is 58.9 Å². The lowest BCUT2D eigenvalue weighted by Gasteiger charge is -2.46. The zero-order valence-electron chi connectivity index (χ0n) is 19.2. The number of carbonyl (C=O) groups excluding carboxylic acids is 1. The molecule has 0 saturated carbocycles. The van der Waals surface area contributed by atoms with Crippen LogP contribution in [0.5, 0.6) is 0 Å². The Kier molecular flexibility index (Phi) is 7.40. The van der Waals surface area contributed by atoms with Gasteiger partial charge >= 0.3 is 0 Å². The van der Waals surface area contributed by atoms with Gasteiger partial charge in [-0.25, -0.2) is 0 Å². The van der Waals surface area contributed by atoms with Gasteiger partial charge in [0.25, 0.3) is 0 Å². The molecule has 2 fully saturated rings. The van der Waals surface area contributed by atoms with Gasteiger partial charge in [0.05, 0.1) is 11.7 Å². The first-order valence-corrected chi connectivity index (χ1v) is 11.9. The SMILES string of the molecule is CC[C@@H](C)CN1C(=O)[C@@H](CC(C)C)NC12CCN(C(=S)Nc1cccc(C)c1)CC2. The van der Waals surface area contributed by atoms with E-state index in [0.717, 1.165) is 56.1 Å². The topological polar surface area (TPSA) is 47.6 Å². The van der Waals surface area contributed by atoms with Crippen molar-refractivity contribution in [1.29, 1.82) is 0 Å². The minimum absolute atomic E-state index is 0.0574. The van der Waals surface area contributed by atoms with Crippen molar-refractivity contribution in [3.63, 3.8) is 0 Å². The van der Waals surface area contributed by atoms with Crippen LogP contribution in [0.2, 0.25) is 0 Å². The molecule has 166 valence electrons. The van der Waals surface area contributed by atoms with Crippen LogP contribution >= 0.6 is 12.2 Å². The van der Waals surface area contributed by atoms with Gasteiger partial charge in [-0.15, -0.1) is 0 Å². The van der Waals surface area contributed by atoms with Crippen molar-refractivity contribution in [2.24, 2.45) is 11.8 Å². The molecule has 2 atom stereocenters. The lowest BCUT2D eigenvalue weighted by molar-refractivity contribution is -0.134. The molecule has 2 aliphatic rings. The van der Waals surface area contributed by atoms with E-state index in [-0.39, 0.29) is 17.6 Å². The lowest BCUT2D eigenvalue weighted by atomic mass is 9.94. The maximum Gasteiger partial charge on any atom is 0.241 e. The van der Waals surface area contributed by atoms with Crippen molar-refractivity contribution in [2.75, 3.05) is 25.0 Å². The summed E-state index contributed by atoms with van der Waals surface area (Å²) in [5, 5.41) is 7.92. The Hall–Kier alpha value is -1.66. The van der Waals surface area contributed by atoms with Crippen LogP contribution in [-0.2, 0) is 4.79 Å². The number of piperidine rings is 1. The Bertz CT molecular complexity index is 757. The fourth-order valence-electron chi connectivity index (χ4n) is 4.62. The number of likely N-dealkylation sites (tertiary alicyclic amines) is 1. The number of hydrogen-bond donors (Lipinski definition) is 2. The average Bonchev–Trinajstić information content (AvgIpc) is 2.93. The van der Waals surface area contributed by atoms with E-state index in [1.165, 1.54) is 5.56 Å². The van der Waals surface area contributed by atoms with E-state index < -0.39 is 0 Å². The number of rotatable bonds is 6. The molecule has 3 rings (SSSR count). The quantitative estimate of drug-likeness (QED) is 0.656. The molecule has 1 aromatic carbocycles. The van der Waals surface area contributed by atoms with E-state index in [1.54, 1.807) is 0 Å². The second-order valence-corrected chi connectivity index (χ2v) is 9.99. The molecular formula is C24H38N4OS. The number of aryl methyl sites for hydroxylation is 1.